The first kappa shape index (κ1) is 21.8. The lowest BCUT2D eigenvalue weighted by Crippen LogP contribution is -2.42. The molecule has 1 fully saturated rings. The summed E-state index contributed by atoms with van der Waals surface area (Å²) in [5, 5.41) is 12.2. The van der Waals surface area contributed by atoms with Crippen LogP contribution in [0.1, 0.15) is 24.1 Å². The van der Waals surface area contributed by atoms with Gasteiger partial charge in [0.2, 0.25) is 17.5 Å². The molecular weight excluding hydrogens is 432 g/mol. The third kappa shape index (κ3) is 4.06. The highest BCUT2D eigenvalue weighted by atomic mass is 16.5. The molecule has 0 radical (unpaired) electrons. The van der Waals surface area contributed by atoms with Gasteiger partial charge in [0.1, 0.15) is 0 Å². The van der Waals surface area contributed by atoms with E-state index in [2.05, 4.69) is 10.3 Å². The van der Waals surface area contributed by atoms with Crippen LogP contribution in [0.4, 0.5) is 11.9 Å². The predicted molar refractivity (Wildman–Crippen MR) is 127 cm³/mol. The Bertz CT molecular complexity index is 1270. The molecule has 0 bridgehead atoms. The molecule has 34 heavy (non-hydrogen) atoms. The number of rotatable bonds is 5. The van der Waals surface area contributed by atoms with Gasteiger partial charge in [-0.05, 0) is 18.1 Å². The van der Waals surface area contributed by atoms with Crippen molar-refractivity contribution in [3.63, 3.8) is 0 Å². The van der Waals surface area contributed by atoms with E-state index < -0.39 is 12.0 Å². The number of benzene rings is 2. The number of nitrogens with zero attached hydrogens (tertiary/aromatic N) is 4. The zero-order valence-corrected chi connectivity index (χ0v) is 18.9. The number of esters is 1. The van der Waals surface area contributed by atoms with E-state index in [1.165, 1.54) is 0 Å². The third-order valence-corrected chi connectivity index (χ3v) is 5.87. The molecule has 9 heteroatoms. The molecule has 1 aromatic heterocycles. The van der Waals surface area contributed by atoms with Gasteiger partial charge in [0.15, 0.2) is 0 Å². The zero-order chi connectivity index (χ0) is 23.5. The molecule has 1 unspecified atom stereocenters. The summed E-state index contributed by atoms with van der Waals surface area (Å²) < 4.78 is 12.6. The Balaban J connectivity index is 1.74. The molecule has 0 saturated carbocycles. The van der Waals surface area contributed by atoms with Gasteiger partial charge in [0.05, 0.1) is 37.1 Å². The molecule has 9 nitrogen and oxygen atoms in total. The van der Waals surface area contributed by atoms with Crippen molar-refractivity contribution in [3.05, 3.63) is 83.0 Å². The molecule has 174 valence electrons. The summed E-state index contributed by atoms with van der Waals surface area (Å²) in [7, 11) is 0. The number of aromatic nitrogens is 3. The molecule has 5 rings (SSSR count). The van der Waals surface area contributed by atoms with Crippen molar-refractivity contribution < 1.29 is 14.3 Å². The van der Waals surface area contributed by atoms with Crippen molar-refractivity contribution in [1.82, 2.24) is 14.5 Å². The van der Waals surface area contributed by atoms with Crippen LogP contribution in [0, 0.1) is 5.41 Å². The fraction of sp³-hybridized carbons (Fsp3) is 0.280. The van der Waals surface area contributed by atoms with Gasteiger partial charge < -0.3 is 19.7 Å². The van der Waals surface area contributed by atoms with Crippen LogP contribution in [0.25, 0.3) is 5.70 Å². The van der Waals surface area contributed by atoms with Crippen molar-refractivity contribution in [1.29, 1.82) is 5.41 Å². The predicted octanol–water partition coefficient (Wildman–Crippen LogP) is 2.58. The van der Waals surface area contributed by atoms with Crippen molar-refractivity contribution in [3.8, 4) is 0 Å². The molecule has 2 N–H and O–H groups in total. The lowest BCUT2D eigenvalue weighted by molar-refractivity contribution is -0.138. The summed E-state index contributed by atoms with van der Waals surface area (Å²) in [6.07, 6.45) is 0. The number of anilines is 2. The highest BCUT2D eigenvalue weighted by molar-refractivity contribution is 6.02. The smallest absolute Gasteiger partial charge is 0.338 e. The second-order valence-electron chi connectivity index (χ2n) is 7.95. The second kappa shape index (κ2) is 9.48. The van der Waals surface area contributed by atoms with Gasteiger partial charge in [-0.2, -0.15) is 9.97 Å². The average molecular weight is 459 g/mol. The quantitative estimate of drug-likeness (QED) is 0.566. The Morgan fingerprint density at radius 2 is 1.76 bits per heavy atom. The first-order chi connectivity index (χ1) is 16.7. The van der Waals surface area contributed by atoms with Crippen molar-refractivity contribution >= 4 is 23.6 Å². The number of ether oxygens (including phenoxy) is 2. The lowest BCUT2D eigenvalue weighted by Gasteiger charge is -2.34. The summed E-state index contributed by atoms with van der Waals surface area (Å²) in [6.45, 7) is 4.50. The second-order valence-corrected chi connectivity index (χ2v) is 7.95. The lowest BCUT2D eigenvalue weighted by atomic mass is 9.92. The van der Waals surface area contributed by atoms with E-state index >= 15 is 0 Å². The summed E-state index contributed by atoms with van der Waals surface area (Å²) >= 11 is 0. The van der Waals surface area contributed by atoms with Crippen LogP contribution in [-0.2, 0) is 14.3 Å². The van der Waals surface area contributed by atoms with Gasteiger partial charge in [0, 0.05) is 13.1 Å². The molecule has 0 amide bonds. The number of nitrogens with one attached hydrogen (secondary N) is 2. The number of fused-ring (bicyclic) bond motifs is 1. The topological polar surface area (TPSA) is 105 Å². The number of hydrogen-bond acceptors (Lipinski definition) is 8. The third-order valence-electron chi connectivity index (χ3n) is 5.87. The molecule has 3 aromatic rings. The monoisotopic (exact) mass is 458 g/mol. The first-order valence-corrected chi connectivity index (χ1v) is 11.3. The molecular formula is C25H26N6O3. The summed E-state index contributed by atoms with van der Waals surface area (Å²) in [4.78, 5) is 24.6. The summed E-state index contributed by atoms with van der Waals surface area (Å²) in [6, 6.07) is 18.6. The Morgan fingerprint density at radius 1 is 1.09 bits per heavy atom. The number of morpholine rings is 1. The fourth-order valence-corrected chi connectivity index (χ4v) is 4.31. The highest BCUT2D eigenvalue weighted by Crippen LogP contribution is 2.38. The van der Waals surface area contributed by atoms with Crippen LogP contribution < -0.4 is 15.8 Å². The summed E-state index contributed by atoms with van der Waals surface area (Å²) in [5.41, 5.74) is 2.69. The van der Waals surface area contributed by atoms with Crippen molar-refractivity contribution in [2.45, 2.75) is 13.0 Å². The fourth-order valence-electron chi connectivity index (χ4n) is 4.31. The first-order valence-electron chi connectivity index (χ1n) is 11.3. The van der Waals surface area contributed by atoms with Crippen LogP contribution >= 0.6 is 0 Å². The van der Waals surface area contributed by atoms with E-state index in [-0.39, 0.29) is 12.2 Å². The molecule has 3 heterocycles. The van der Waals surface area contributed by atoms with Crippen LogP contribution in [0.15, 0.2) is 66.2 Å². The number of carbonyl (C=O) groups is 1. The van der Waals surface area contributed by atoms with E-state index in [0.29, 0.717) is 49.5 Å². The molecule has 0 spiro atoms. The van der Waals surface area contributed by atoms with Crippen LogP contribution in [0.2, 0.25) is 0 Å². The standard InChI is InChI=1S/C25H26N6O3/c1-2-34-22(32)19-20(17-9-5-3-6-10-17)27-25-29-24(30-13-15-33-16-14-30)28-23(26)31(25)21(19)18-11-7-4-8-12-18/h3-12,21H,2,13-16H2,1H3,(H2,26,27,28,29). The van der Waals surface area contributed by atoms with E-state index in [4.69, 9.17) is 19.9 Å². The van der Waals surface area contributed by atoms with Crippen LogP contribution in [-0.4, -0.2) is 53.4 Å². The molecule has 2 aliphatic heterocycles. The van der Waals surface area contributed by atoms with Crippen molar-refractivity contribution in [2.24, 2.45) is 0 Å². The minimum Gasteiger partial charge on any atom is -0.463 e. The van der Waals surface area contributed by atoms with Crippen LogP contribution in [0.3, 0.4) is 0 Å². The van der Waals surface area contributed by atoms with Crippen molar-refractivity contribution in [2.75, 3.05) is 43.1 Å². The zero-order valence-electron chi connectivity index (χ0n) is 18.9. The van der Waals surface area contributed by atoms with Gasteiger partial charge in [-0.25, -0.2) is 4.79 Å². The molecule has 2 aromatic carbocycles. The van der Waals surface area contributed by atoms with Gasteiger partial charge in [-0.15, -0.1) is 0 Å². The molecule has 0 aliphatic carbocycles. The van der Waals surface area contributed by atoms with Gasteiger partial charge in [0.25, 0.3) is 0 Å². The molecule has 2 aliphatic rings. The van der Waals surface area contributed by atoms with E-state index in [1.54, 1.807) is 11.5 Å². The Kier molecular flexibility index (Phi) is 6.09. The van der Waals surface area contributed by atoms with E-state index in [0.717, 1.165) is 11.1 Å². The minimum atomic E-state index is -0.627. The largest absolute Gasteiger partial charge is 0.463 e. The SMILES string of the molecule is CCOC(=O)C1=C(c2ccccc2)Nc2nc(N3CCOCC3)nc(=N)n2C1c1ccccc1. The highest BCUT2D eigenvalue weighted by Gasteiger charge is 2.36. The maximum Gasteiger partial charge on any atom is 0.338 e. The Hall–Kier alpha value is -3.98. The van der Waals surface area contributed by atoms with Gasteiger partial charge in [-0.1, -0.05) is 60.7 Å². The van der Waals surface area contributed by atoms with Crippen LogP contribution in [0.5, 0.6) is 0 Å². The van der Waals surface area contributed by atoms with Gasteiger partial charge >= 0.3 is 5.97 Å². The molecule has 1 saturated heterocycles. The molecule has 1 atom stereocenters. The van der Waals surface area contributed by atoms with Gasteiger partial charge in [-0.3, -0.25) is 9.98 Å². The maximum atomic E-state index is 13.3. The Labute approximate surface area is 197 Å². The average Bonchev–Trinajstić information content (AvgIpc) is 2.89. The van der Waals surface area contributed by atoms with E-state index in [9.17, 15) is 4.79 Å². The van der Waals surface area contributed by atoms with E-state index in [1.807, 2.05) is 65.6 Å². The number of hydrogen-bond donors (Lipinski definition) is 2. The minimum absolute atomic E-state index is 0.00163. The Morgan fingerprint density at radius 3 is 2.44 bits per heavy atom. The summed E-state index contributed by atoms with van der Waals surface area (Å²) in [5.74, 6) is 0.464. The number of carbonyl (C=O) groups excluding carboxylic acids is 1. The maximum absolute atomic E-state index is 13.3. The normalized spacial score (nSPS) is 17.7.